The molecular formula is C19H14ClN5OS. The molecule has 0 spiro atoms. The van der Waals surface area contributed by atoms with E-state index in [1.807, 2.05) is 42.5 Å². The van der Waals surface area contributed by atoms with Crippen LogP contribution in [0.1, 0.15) is 10.5 Å². The molecule has 8 heteroatoms. The van der Waals surface area contributed by atoms with E-state index in [2.05, 4.69) is 25.8 Å². The molecule has 4 rings (SSSR count). The maximum atomic E-state index is 12.2. The smallest absolute Gasteiger partial charge is 0.273 e. The van der Waals surface area contributed by atoms with E-state index in [1.54, 1.807) is 19.4 Å². The van der Waals surface area contributed by atoms with Crippen LogP contribution < -0.4 is 10.6 Å². The zero-order chi connectivity index (χ0) is 18.8. The maximum absolute atomic E-state index is 12.2. The Morgan fingerprint density at radius 3 is 2.78 bits per heavy atom. The Morgan fingerprint density at radius 2 is 2.04 bits per heavy atom. The van der Waals surface area contributed by atoms with E-state index >= 15 is 0 Å². The van der Waals surface area contributed by atoms with Crippen molar-refractivity contribution in [1.82, 2.24) is 20.5 Å². The predicted molar refractivity (Wildman–Crippen MR) is 109 cm³/mol. The summed E-state index contributed by atoms with van der Waals surface area (Å²) in [6, 6.07) is 13.3. The molecule has 6 nitrogen and oxygen atoms in total. The van der Waals surface area contributed by atoms with E-state index in [9.17, 15) is 4.79 Å². The second-order valence-corrected chi connectivity index (χ2v) is 7.20. The van der Waals surface area contributed by atoms with Crippen molar-refractivity contribution in [2.75, 3.05) is 12.4 Å². The van der Waals surface area contributed by atoms with Gasteiger partial charge in [-0.15, -0.1) is 21.5 Å². The Labute approximate surface area is 164 Å². The van der Waals surface area contributed by atoms with Crippen molar-refractivity contribution in [3.05, 3.63) is 65.6 Å². The summed E-state index contributed by atoms with van der Waals surface area (Å²) < 4.78 is 0.755. The fourth-order valence-corrected chi connectivity index (χ4v) is 3.99. The van der Waals surface area contributed by atoms with E-state index in [1.165, 1.54) is 11.3 Å². The van der Waals surface area contributed by atoms with Gasteiger partial charge >= 0.3 is 0 Å². The highest BCUT2D eigenvalue weighted by molar-refractivity contribution is 7.22. The van der Waals surface area contributed by atoms with Crippen LogP contribution in [0.4, 0.5) is 11.5 Å². The van der Waals surface area contributed by atoms with Crippen molar-refractivity contribution < 1.29 is 4.79 Å². The molecule has 0 aliphatic rings. The minimum Gasteiger partial charge on any atom is -0.354 e. The number of nitrogens with one attached hydrogen (secondary N) is 2. The van der Waals surface area contributed by atoms with Gasteiger partial charge in [0.25, 0.3) is 5.91 Å². The highest BCUT2D eigenvalue weighted by Gasteiger charge is 2.19. The van der Waals surface area contributed by atoms with E-state index in [-0.39, 0.29) is 5.91 Å². The molecule has 0 atom stereocenters. The van der Waals surface area contributed by atoms with Gasteiger partial charge < -0.3 is 10.6 Å². The Hall–Kier alpha value is -3.03. The number of hydrogen-bond acceptors (Lipinski definition) is 6. The fourth-order valence-electron chi connectivity index (χ4n) is 2.66. The number of pyridine rings is 1. The maximum Gasteiger partial charge on any atom is 0.273 e. The normalized spacial score (nSPS) is 10.7. The molecule has 134 valence electrons. The number of nitrogens with zero attached hydrogens (tertiary/aromatic N) is 3. The monoisotopic (exact) mass is 395 g/mol. The zero-order valence-electron chi connectivity index (χ0n) is 14.2. The SMILES string of the molecule is CNC(=O)c1nnc(Nc2cccnc2)c2cc(-c3cccc(Cl)c3)sc12. The Kier molecular flexibility index (Phi) is 4.70. The predicted octanol–water partition coefficient (Wildman–Crippen LogP) is 4.51. The molecule has 0 saturated heterocycles. The van der Waals surface area contributed by atoms with Crippen LogP contribution in [0, 0.1) is 0 Å². The van der Waals surface area contributed by atoms with Crippen LogP contribution in [0.2, 0.25) is 5.02 Å². The number of rotatable bonds is 4. The highest BCUT2D eigenvalue weighted by atomic mass is 35.5. The van der Waals surface area contributed by atoms with Crippen molar-refractivity contribution in [2.24, 2.45) is 0 Å². The molecule has 0 aliphatic carbocycles. The first kappa shape index (κ1) is 17.4. The lowest BCUT2D eigenvalue weighted by atomic mass is 10.1. The summed E-state index contributed by atoms with van der Waals surface area (Å²) in [4.78, 5) is 17.3. The van der Waals surface area contributed by atoms with Gasteiger partial charge in [0.05, 0.1) is 16.6 Å². The van der Waals surface area contributed by atoms with Gasteiger partial charge in [-0.05, 0) is 35.9 Å². The Bertz CT molecular complexity index is 1130. The summed E-state index contributed by atoms with van der Waals surface area (Å²) in [7, 11) is 1.57. The van der Waals surface area contributed by atoms with Crippen molar-refractivity contribution >= 4 is 50.4 Å². The summed E-state index contributed by atoms with van der Waals surface area (Å²) in [6.45, 7) is 0. The van der Waals surface area contributed by atoms with Gasteiger partial charge in [0, 0.05) is 28.5 Å². The molecule has 1 amide bonds. The average Bonchev–Trinajstić information content (AvgIpc) is 3.14. The number of thiophene rings is 1. The van der Waals surface area contributed by atoms with Crippen molar-refractivity contribution in [3.63, 3.8) is 0 Å². The third-order valence-electron chi connectivity index (χ3n) is 3.93. The summed E-state index contributed by atoms with van der Waals surface area (Å²) in [5, 5.41) is 15.7. The van der Waals surface area contributed by atoms with Crippen LogP contribution in [-0.2, 0) is 0 Å². The largest absolute Gasteiger partial charge is 0.354 e. The van der Waals surface area contributed by atoms with Gasteiger partial charge in [-0.25, -0.2) is 0 Å². The topological polar surface area (TPSA) is 79.8 Å². The molecular weight excluding hydrogens is 382 g/mol. The summed E-state index contributed by atoms with van der Waals surface area (Å²) in [5.41, 5.74) is 2.05. The number of halogens is 1. The Balaban J connectivity index is 1.88. The first-order chi connectivity index (χ1) is 13.2. The number of hydrogen-bond donors (Lipinski definition) is 2. The lowest BCUT2D eigenvalue weighted by molar-refractivity contribution is 0.0959. The number of anilines is 2. The molecule has 0 radical (unpaired) electrons. The molecule has 2 N–H and O–H groups in total. The van der Waals surface area contributed by atoms with E-state index in [4.69, 9.17) is 11.6 Å². The van der Waals surface area contributed by atoms with Crippen LogP contribution in [0.25, 0.3) is 20.5 Å². The molecule has 27 heavy (non-hydrogen) atoms. The summed E-state index contributed by atoms with van der Waals surface area (Å²) in [6.07, 6.45) is 3.40. The highest BCUT2D eigenvalue weighted by Crippen LogP contribution is 2.38. The molecule has 3 aromatic heterocycles. The Morgan fingerprint density at radius 1 is 1.15 bits per heavy atom. The van der Waals surface area contributed by atoms with Crippen LogP contribution in [-0.4, -0.2) is 28.1 Å². The van der Waals surface area contributed by atoms with Crippen LogP contribution in [0.15, 0.2) is 54.9 Å². The van der Waals surface area contributed by atoms with Crippen molar-refractivity contribution in [2.45, 2.75) is 0 Å². The first-order valence-electron chi connectivity index (χ1n) is 8.11. The molecule has 0 aliphatic heterocycles. The van der Waals surface area contributed by atoms with Gasteiger partial charge in [0.2, 0.25) is 0 Å². The summed E-state index contributed by atoms with van der Waals surface area (Å²) >= 11 is 7.61. The average molecular weight is 396 g/mol. The second-order valence-electron chi connectivity index (χ2n) is 5.71. The number of carbonyl (C=O) groups excluding carboxylic acids is 1. The van der Waals surface area contributed by atoms with E-state index < -0.39 is 0 Å². The number of benzene rings is 1. The number of amides is 1. The minimum absolute atomic E-state index is 0.278. The van der Waals surface area contributed by atoms with Gasteiger partial charge in [-0.3, -0.25) is 9.78 Å². The fraction of sp³-hybridized carbons (Fsp3) is 0.0526. The van der Waals surface area contributed by atoms with Gasteiger partial charge in [-0.2, -0.15) is 0 Å². The summed E-state index contributed by atoms with van der Waals surface area (Å²) in [5.74, 6) is 0.287. The lowest BCUT2D eigenvalue weighted by Crippen LogP contribution is -2.20. The van der Waals surface area contributed by atoms with Gasteiger partial charge in [0.15, 0.2) is 11.5 Å². The van der Waals surface area contributed by atoms with Crippen molar-refractivity contribution in [3.8, 4) is 10.4 Å². The van der Waals surface area contributed by atoms with Crippen LogP contribution >= 0.6 is 22.9 Å². The second kappa shape index (κ2) is 7.30. The number of fused-ring (bicyclic) bond motifs is 1. The van der Waals surface area contributed by atoms with Gasteiger partial charge in [0.1, 0.15) is 0 Å². The third kappa shape index (κ3) is 3.47. The van der Waals surface area contributed by atoms with Crippen LogP contribution in [0.3, 0.4) is 0 Å². The van der Waals surface area contributed by atoms with E-state index in [0.29, 0.717) is 16.5 Å². The standard InChI is InChI=1S/C19H14ClN5OS/c1-21-19(26)16-17-14(9-15(27-17)11-4-2-5-12(20)8-11)18(25-24-16)23-13-6-3-7-22-10-13/h2-10H,1H3,(H,21,26)(H,23,25). The molecule has 1 aromatic carbocycles. The molecule has 4 aromatic rings. The minimum atomic E-state index is -0.278. The molecule has 0 fully saturated rings. The lowest BCUT2D eigenvalue weighted by Gasteiger charge is -2.07. The molecule has 0 unspecified atom stereocenters. The van der Waals surface area contributed by atoms with Gasteiger partial charge in [-0.1, -0.05) is 23.7 Å². The quantitative estimate of drug-likeness (QED) is 0.531. The van der Waals surface area contributed by atoms with Crippen LogP contribution in [0.5, 0.6) is 0 Å². The number of aromatic nitrogens is 3. The third-order valence-corrected chi connectivity index (χ3v) is 5.35. The molecule has 0 bridgehead atoms. The molecule has 3 heterocycles. The molecule has 0 saturated carbocycles. The van der Waals surface area contributed by atoms with Crippen molar-refractivity contribution in [1.29, 1.82) is 0 Å². The number of carbonyl (C=O) groups is 1. The zero-order valence-corrected chi connectivity index (χ0v) is 15.8. The van der Waals surface area contributed by atoms with E-state index in [0.717, 1.165) is 26.2 Å². The first-order valence-corrected chi connectivity index (χ1v) is 9.30.